The molecule has 4 nitrogen and oxygen atoms in total. The zero-order chi connectivity index (χ0) is 9.60. The van der Waals surface area contributed by atoms with Crippen molar-refractivity contribution >= 4 is 5.95 Å². The molecule has 4 heteroatoms. The van der Waals surface area contributed by atoms with Crippen LogP contribution in [-0.2, 0) is 0 Å². The van der Waals surface area contributed by atoms with Crippen molar-refractivity contribution in [2.45, 2.75) is 18.9 Å². The SMILES string of the molecule is Cc1cnc(N2CC3(CCN3)C2)nc1. The van der Waals surface area contributed by atoms with Crippen molar-refractivity contribution in [3.8, 4) is 0 Å². The van der Waals surface area contributed by atoms with Crippen LogP contribution in [0.4, 0.5) is 5.95 Å². The summed E-state index contributed by atoms with van der Waals surface area (Å²) >= 11 is 0. The molecule has 74 valence electrons. The molecule has 3 rings (SSSR count). The van der Waals surface area contributed by atoms with Gasteiger partial charge in [-0.15, -0.1) is 0 Å². The average molecular weight is 190 g/mol. The Kier molecular flexibility index (Phi) is 1.56. The van der Waals surface area contributed by atoms with E-state index in [1.165, 1.54) is 13.0 Å². The number of hydrogen-bond donors (Lipinski definition) is 1. The summed E-state index contributed by atoms with van der Waals surface area (Å²) in [6.07, 6.45) is 5.05. The van der Waals surface area contributed by atoms with Crippen LogP contribution in [0, 0.1) is 6.92 Å². The predicted molar refractivity (Wildman–Crippen MR) is 54.3 cm³/mol. The van der Waals surface area contributed by atoms with Crippen molar-refractivity contribution in [2.24, 2.45) is 0 Å². The zero-order valence-electron chi connectivity index (χ0n) is 8.32. The number of hydrogen-bond acceptors (Lipinski definition) is 4. The topological polar surface area (TPSA) is 41.1 Å². The first-order valence-corrected chi connectivity index (χ1v) is 5.06. The van der Waals surface area contributed by atoms with Crippen LogP contribution < -0.4 is 10.2 Å². The van der Waals surface area contributed by atoms with Crippen molar-refractivity contribution in [3.63, 3.8) is 0 Å². The molecular formula is C10H14N4. The van der Waals surface area contributed by atoms with E-state index in [2.05, 4.69) is 20.2 Å². The van der Waals surface area contributed by atoms with E-state index in [-0.39, 0.29) is 0 Å². The van der Waals surface area contributed by atoms with Gasteiger partial charge in [0.05, 0.1) is 5.54 Å². The highest BCUT2D eigenvalue weighted by molar-refractivity contribution is 5.39. The molecule has 2 fully saturated rings. The largest absolute Gasteiger partial charge is 0.337 e. The highest BCUT2D eigenvalue weighted by atomic mass is 15.4. The molecule has 2 saturated heterocycles. The lowest BCUT2D eigenvalue weighted by molar-refractivity contribution is 0.157. The number of anilines is 1. The molecule has 0 saturated carbocycles. The van der Waals surface area contributed by atoms with Crippen LogP contribution in [0.1, 0.15) is 12.0 Å². The highest BCUT2D eigenvalue weighted by Crippen LogP contribution is 2.31. The number of nitrogens with zero attached hydrogens (tertiary/aromatic N) is 3. The molecule has 3 heterocycles. The second-order valence-electron chi connectivity index (χ2n) is 4.37. The maximum Gasteiger partial charge on any atom is 0.225 e. The lowest BCUT2D eigenvalue weighted by Gasteiger charge is -2.56. The van der Waals surface area contributed by atoms with E-state index in [1.54, 1.807) is 0 Å². The molecule has 2 aliphatic heterocycles. The van der Waals surface area contributed by atoms with Gasteiger partial charge in [-0.3, -0.25) is 0 Å². The summed E-state index contributed by atoms with van der Waals surface area (Å²) < 4.78 is 0. The molecule has 14 heavy (non-hydrogen) atoms. The third-order valence-corrected chi connectivity index (χ3v) is 3.14. The van der Waals surface area contributed by atoms with Crippen LogP contribution in [0.15, 0.2) is 12.4 Å². The Balaban J connectivity index is 1.70. The van der Waals surface area contributed by atoms with Crippen molar-refractivity contribution < 1.29 is 0 Å². The van der Waals surface area contributed by atoms with Gasteiger partial charge < -0.3 is 10.2 Å². The van der Waals surface area contributed by atoms with Crippen LogP contribution in [0.25, 0.3) is 0 Å². The molecule has 1 spiro atoms. The van der Waals surface area contributed by atoms with Crippen molar-refractivity contribution in [3.05, 3.63) is 18.0 Å². The first kappa shape index (κ1) is 8.17. The van der Waals surface area contributed by atoms with Gasteiger partial charge in [0, 0.05) is 25.5 Å². The fourth-order valence-electron chi connectivity index (χ4n) is 2.12. The first-order valence-electron chi connectivity index (χ1n) is 5.06. The third kappa shape index (κ3) is 1.10. The predicted octanol–water partition coefficient (Wildman–Crippen LogP) is 0.337. The van der Waals surface area contributed by atoms with Gasteiger partial charge in [-0.2, -0.15) is 0 Å². The Bertz CT molecular complexity index is 334. The van der Waals surface area contributed by atoms with Crippen LogP contribution in [0.5, 0.6) is 0 Å². The standard InChI is InChI=1S/C10H14N4/c1-8-4-11-9(12-5-8)14-6-10(7-14)2-3-13-10/h4-5,13H,2-3,6-7H2,1H3. The Morgan fingerprint density at radius 2 is 2.00 bits per heavy atom. The molecule has 2 aliphatic rings. The van der Waals surface area contributed by atoms with Crippen LogP contribution in [0.3, 0.4) is 0 Å². The molecule has 1 aromatic rings. The van der Waals surface area contributed by atoms with E-state index < -0.39 is 0 Å². The van der Waals surface area contributed by atoms with Gasteiger partial charge in [0.1, 0.15) is 0 Å². The summed E-state index contributed by atoms with van der Waals surface area (Å²) in [5, 5.41) is 3.47. The normalized spacial score (nSPS) is 23.1. The van der Waals surface area contributed by atoms with E-state index in [1.807, 2.05) is 19.3 Å². The van der Waals surface area contributed by atoms with Gasteiger partial charge in [-0.05, 0) is 25.5 Å². The highest BCUT2D eigenvalue weighted by Gasteiger charge is 2.47. The lowest BCUT2D eigenvalue weighted by atomic mass is 9.80. The van der Waals surface area contributed by atoms with Crippen molar-refractivity contribution in [1.82, 2.24) is 15.3 Å². The summed E-state index contributed by atoms with van der Waals surface area (Å²) in [7, 11) is 0. The Morgan fingerprint density at radius 3 is 2.50 bits per heavy atom. The quantitative estimate of drug-likeness (QED) is 0.693. The van der Waals surface area contributed by atoms with Gasteiger partial charge in [-0.1, -0.05) is 0 Å². The van der Waals surface area contributed by atoms with E-state index in [0.717, 1.165) is 24.6 Å². The smallest absolute Gasteiger partial charge is 0.225 e. The molecule has 1 N–H and O–H groups in total. The van der Waals surface area contributed by atoms with Gasteiger partial charge in [-0.25, -0.2) is 9.97 Å². The van der Waals surface area contributed by atoms with Crippen LogP contribution in [0.2, 0.25) is 0 Å². The first-order chi connectivity index (χ1) is 6.77. The minimum atomic E-state index is 0.411. The van der Waals surface area contributed by atoms with Crippen LogP contribution in [-0.4, -0.2) is 35.1 Å². The minimum absolute atomic E-state index is 0.411. The number of aryl methyl sites for hydroxylation is 1. The molecule has 0 atom stereocenters. The summed E-state index contributed by atoms with van der Waals surface area (Å²) in [4.78, 5) is 10.9. The Labute approximate surface area is 83.4 Å². The summed E-state index contributed by atoms with van der Waals surface area (Å²) in [6.45, 7) is 5.31. The maximum absolute atomic E-state index is 4.31. The fraction of sp³-hybridized carbons (Fsp3) is 0.600. The summed E-state index contributed by atoms with van der Waals surface area (Å²) in [5.41, 5.74) is 1.53. The summed E-state index contributed by atoms with van der Waals surface area (Å²) in [6, 6.07) is 0. The molecule has 0 bridgehead atoms. The van der Waals surface area contributed by atoms with Crippen molar-refractivity contribution in [2.75, 3.05) is 24.5 Å². The lowest BCUT2D eigenvalue weighted by Crippen LogP contribution is -2.76. The maximum atomic E-state index is 4.31. The summed E-state index contributed by atoms with van der Waals surface area (Å²) in [5.74, 6) is 0.870. The fourth-order valence-corrected chi connectivity index (χ4v) is 2.12. The number of aromatic nitrogens is 2. The molecule has 0 aliphatic carbocycles. The zero-order valence-corrected chi connectivity index (χ0v) is 8.32. The van der Waals surface area contributed by atoms with Crippen molar-refractivity contribution in [1.29, 1.82) is 0 Å². The van der Waals surface area contributed by atoms with Crippen LogP contribution >= 0.6 is 0 Å². The number of nitrogens with one attached hydrogen (secondary N) is 1. The third-order valence-electron chi connectivity index (χ3n) is 3.14. The second-order valence-corrected chi connectivity index (χ2v) is 4.37. The molecule has 0 radical (unpaired) electrons. The minimum Gasteiger partial charge on any atom is -0.337 e. The van der Waals surface area contributed by atoms with E-state index in [4.69, 9.17) is 0 Å². The molecule has 0 aromatic carbocycles. The monoisotopic (exact) mass is 190 g/mol. The molecular weight excluding hydrogens is 176 g/mol. The molecule has 0 amide bonds. The van der Waals surface area contributed by atoms with Gasteiger partial charge >= 0.3 is 0 Å². The Hall–Kier alpha value is -1.16. The van der Waals surface area contributed by atoms with E-state index >= 15 is 0 Å². The van der Waals surface area contributed by atoms with E-state index in [0.29, 0.717) is 5.54 Å². The van der Waals surface area contributed by atoms with E-state index in [9.17, 15) is 0 Å². The Morgan fingerprint density at radius 1 is 1.36 bits per heavy atom. The average Bonchev–Trinajstić information content (AvgIpc) is 2.03. The second kappa shape index (κ2) is 2.67. The van der Waals surface area contributed by atoms with Gasteiger partial charge in [0.15, 0.2) is 0 Å². The number of rotatable bonds is 1. The van der Waals surface area contributed by atoms with Gasteiger partial charge in [0.25, 0.3) is 0 Å². The molecule has 0 unspecified atom stereocenters. The van der Waals surface area contributed by atoms with Gasteiger partial charge in [0.2, 0.25) is 5.95 Å². The molecule has 1 aromatic heterocycles.